The fourth-order valence-corrected chi connectivity index (χ4v) is 2.82. The molecule has 0 saturated carbocycles. The fraction of sp³-hybridized carbons (Fsp3) is 0.909. The van der Waals surface area contributed by atoms with E-state index < -0.39 is 10.8 Å². The normalized spacial score (nSPS) is 27.1. The minimum absolute atomic E-state index is 0.152. The first-order valence-electron chi connectivity index (χ1n) is 5.75. The van der Waals surface area contributed by atoms with Crippen molar-refractivity contribution in [2.45, 2.75) is 38.5 Å². The standard InChI is InChI=1S/C11H22N2OS2/c1-8(2)5-10-7-15-11(13-10)12-6-9(3)16(4)14/h8-10H,5-7H2,1-4H3,(H,12,13). The van der Waals surface area contributed by atoms with Gasteiger partial charge in [-0.3, -0.25) is 9.20 Å². The molecule has 0 amide bonds. The van der Waals surface area contributed by atoms with E-state index in [4.69, 9.17) is 0 Å². The summed E-state index contributed by atoms with van der Waals surface area (Å²) in [7, 11) is -0.772. The van der Waals surface area contributed by atoms with Gasteiger partial charge in [-0.15, -0.1) is 0 Å². The van der Waals surface area contributed by atoms with Crippen LogP contribution < -0.4 is 5.32 Å². The van der Waals surface area contributed by atoms with E-state index in [1.165, 1.54) is 6.42 Å². The molecule has 1 N–H and O–H groups in total. The van der Waals surface area contributed by atoms with Gasteiger partial charge in [-0.1, -0.05) is 25.6 Å². The zero-order chi connectivity index (χ0) is 12.1. The molecule has 3 unspecified atom stereocenters. The molecule has 3 atom stereocenters. The van der Waals surface area contributed by atoms with Crippen LogP contribution in [0.4, 0.5) is 0 Å². The minimum Gasteiger partial charge on any atom is -0.361 e. The average Bonchev–Trinajstić information content (AvgIpc) is 2.60. The molecule has 1 rings (SSSR count). The number of nitrogens with zero attached hydrogens (tertiary/aromatic N) is 1. The topological polar surface area (TPSA) is 41.5 Å². The van der Waals surface area contributed by atoms with Crippen LogP contribution in [0.5, 0.6) is 0 Å². The van der Waals surface area contributed by atoms with E-state index in [2.05, 4.69) is 24.2 Å². The number of rotatable bonds is 5. The van der Waals surface area contributed by atoms with E-state index in [0.717, 1.165) is 16.8 Å². The van der Waals surface area contributed by atoms with Gasteiger partial charge in [0, 0.05) is 28.9 Å². The summed E-state index contributed by atoms with van der Waals surface area (Å²) in [6, 6.07) is 0.561. The van der Waals surface area contributed by atoms with Gasteiger partial charge < -0.3 is 5.32 Å². The first-order valence-corrected chi connectivity index (χ1v) is 8.35. The summed E-state index contributed by atoms with van der Waals surface area (Å²) in [5, 5.41) is 4.61. The van der Waals surface area contributed by atoms with E-state index >= 15 is 0 Å². The van der Waals surface area contributed by atoms with Crippen LogP contribution in [0.1, 0.15) is 27.2 Å². The van der Waals surface area contributed by atoms with E-state index in [1.807, 2.05) is 6.92 Å². The van der Waals surface area contributed by atoms with Crippen molar-refractivity contribution in [1.82, 2.24) is 5.32 Å². The van der Waals surface area contributed by atoms with Gasteiger partial charge in [0.2, 0.25) is 0 Å². The van der Waals surface area contributed by atoms with Crippen molar-refractivity contribution in [1.29, 1.82) is 0 Å². The Bertz CT molecular complexity index is 279. The molecule has 5 heteroatoms. The maximum Gasteiger partial charge on any atom is 0.156 e. The Morgan fingerprint density at radius 1 is 1.56 bits per heavy atom. The van der Waals surface area contributed by atoms with Gasteiger partial charge in [0.05, 0.1) is 11.8 Å². The van der Waals surface area contributed by atoms with Crippen LogP contribution in [0, 0.1) is 5.92 Å². The van der Waals surface area contributed by atoms with Gasteiger partial charge in [0.25, 0.3) is 0 Å². The molecule has 16 heavy (non-hydrogen) atoms. The molecular weight excluding hydrogens is 240 g/mol. The van der Waals surface area contributed by atoms with E-state index in [9.17, 15) is 4.21 Å². The molecule has 1 fully saturated rings. The first-order chi connectivity index (χ1) is 7.49. The van der Waals surface area contributed by atoms with Crippen LogP contribution in [0.25, 0.3) is 0 Å². The maximum absolute atomic E-state index is 11.2. The van der Waals surface area contributed by atoms with Gasteiger partial charge in [-0.05, 0) is 19.3 Å². The van der Waals surface area contributed by atoms with Crippen molar-refractivity contribution >= 4 is 27.7 Å². The second kappa shape index (κ2) is 6.64. The van der Waals surface area contributed by atoms with Gasteiger partial charge in [0.15, 0.2) is 5.17 Å². The lowest BCUT2D eigenvalue weighted by Crippen LogP contribution is -2.28. The maximum atomic E-state index is 11.2. The highest BCUT2D eigenvalue weighted by Gasteiger charge is 2.21. The predicted octanol–water partition coefficient (Wildman–Crippen LogP) is 1.86. The van der Waals surface area contributed by atoms with Crippen molar-refractivity contribution in [3.63, 3.8) is 0 Å². The molecule has 0 aromatic carbocycles. The van der Waals surface area contributed by atoms with Crippen molar-refractivity contribution in [2.75, 3.05) is 18.6 Å². The Balaban J connectivity index is 2.35. The van der Waals surface area contributed by atoms with Crippen LogP contribution in [0.15, 0.2) is 4.99 Å². The van der Waals surface area contributed by atoms with Crippen LogP contribution in [-0.4, -0.2) is 39.2 Å². The smallest absolute Gasteiger partial charge is 0.156 e. The van der Waals surface area contributed by atoms with Crippen LogP contribution in [0.2, 0.25) is 0 Å². The molecule has 3 nitrogen and oxygen atoms in total. The average molecular weight is 262 g/mol. The van der Waals surface area contributed by atoms with Crippen molar-refractivity contribution in [3.05, 3.63) is 0 Å². The summed E-state index contributed by atoms with van der Waals surface area (Å²) < 4.78 is 11.2. The second-order valence-electron chi connectivity index (χ2n) is 4.74. The first kappa shape index (κ1) is 14.0. The number of thioether (sulfide) groups is 1. The minimum atomic E-state index is -0.772. The molecule has 0 radical (unpaired) electrons. The zero-order valence-electron chi connectivity index (χ0n) is 10.5. The third kappa shape index (κ3) is 4.87. The Kier molecular flexibility index (Phi) is 5.83. The molecule has 1 aliphatic rings. The highest BCUT2D eigenvalue weighted by Crippen LogP contribution is 2.19. The van der Waals surface area contributed by atoms with Crippen LogP contribution in [-0.2, 0) is 10.8 Å². The number of hydrogen-bond acceptors (Lipinski definition) is 3. The molecule has 0 aromatic rings. The highest BCUT2D eigenvalue weighted by atomic mass is 32.2. The van der Waals surface area contributed by atoms with E-state index in [1.54, 1.807) is 18.0 Å². The summed E-state index contributed by atoms with van der Waals surface area (Å²) in [6.07, 6.45) is 2.93. The lowest BCUT2D eigenvalue weighted by molar-refractivity contribution is 0.502. The van der Waals surface area contributed by atoms with Gasteiger partial charge in [-0.2, -0.15) is 0 Å². The summed E-state index contributed by atoms with van der Waals surface area (Å²) in [5.74, 6) is 1.83. The third-order valence-corrected chi connectivity index (χ3v) is 4.94. The molecule has 94 valence electrons. The van der Waals surface area contributed by atoms with Crippen molar-refractivity contribution < 1.29 is 4.21 Å². The Labute approximate surface area is 105 Å². The Morgan fingerprint density at radius 2 is 2.25 bits per heavy atom. The number of aliphatic imine (C=N–C) groups is 1. The van der Waals surface area contributed by atoms with Crippen molar-refractivity contribution in [2.24, 2.45) is 10.9 Å². The molecule has 0 aromatic heterocycles. The molecule has 0 aliphatic carbocycles. The quantitative estimate of drug-likeness (QED) is 0.822. The highest BCUT2D eigenvalue weighted by molar-refractivity contribution is 8.14. The van der Waals surface area contributed by atoms with Gasteiger partial charge >= 0.3 is 0 Å². The second-order valence-corrected chi connectivity index (χ2v) is 7.55. The van der Waals surface area contributed by atoms with Crippen LogP contribution >= 0.6 is 11.8 Å². The Hall–Kier alpha value is -0.0300. The molecule has 1 aliphatic heterocycles. The number of amidine groups is 1. The van der Waals surface area contributed by atoms with Crippen molar-refractivity contribution in [3.8, 4) is 0 Å². The monoisotopic (exact) mass is 262 g/mol. The summed E-state index contributed by atoms with van der Waals surface area (Å²) in [6.45, 7) is 7.12. The molecule has 0 bridgehead atoms. The van der Waals surface area contributed by atoms with Gasteiger partial charge in [-0.25, -0.2) is 0 Å². The summed E-state index contributed by atoms with van der Waals surface area (Å²) in [4.78, 5) is 4.48. The lowest BCUT2D eigenvalue weighted by atomic mass is 10.1. The third-order valence-electron chi connectivity index (χ3n) is 2.56. The SMILES string of the molecule is CC(C)CC1CSC(=NCC(C)S(C)=O)N1. The molecular formula is C11H22N2OS2. The van der Waals surface area contributed by atoms with Gasteiger partial charge in [0.1, 0.15) is 0 Å². The summed E-state index contributed by atoms with van der Waals surface area (Å²) in [5.41, 5.74) is 0. The lowest BCUT2D eigenvalue weighted by Gasteiger charge is -2.12. The molecule has 1 saturated heterocycles. The number of nitrogens with one attached hydrogen (secondary N) is 1. The zero-order valence-corrected chi connectivity index (χ0v) is 12.2. The van der Waals surface area contributed by atoms with E-state index in [-0.39, 0.29) is 5.25 Å². The van der Waals surface area contributed by atoms with Crippen LogP contribution in [0.3, 0.4) is 0 Å². The Morgan fingerprint density at radius 3 is 2.81 bits per heavy atom. The van der Waals surface area contributed by atoms with E-state index in [0.29, 0.717) is 12.6 Å². The predicted molar refractivity (Wildman–Crippen MR) is 74.7 cm³/mol. The largest absolute Gasteiger partial charge is 0.361 e. The summed E-state index contributed by atoms with van der Waals surface area (Å²) >= 11 is 1.79. The molecule has 1 heterocycles. The molecule has 0 spiro atoms. The fourth-order valence-electron chi connectivity index (χ4n) is 1.54. The number of hydrogen-bond donors (Lipinski definition) is 1.